The van der Waals surface area contributed by atoms with E-state index in [0.717, 1.165) is 12.1 Å². The van der Waals surface area contributed by atoms with Crippen LogP contribution in [0.15, 0.2) is 17.0 Å². The second-order valence-corrected chi connectivity index (χ2v) is 7.45. The molecular formula is C14H19F2NO3S. The summed E-state index contributed by atoms with van der Waals surface area (Å²) in [6.45, 7) is 3.26. The van der Waals surface area contributed by atoms with Gasteiger partial charge in [-0.15, -0.1) is 0 Å². The Morgan fingerprint density at radius 1 is 1.33 bits per heavy atom. The minimum absolute atomic E-state index is 0.235. The van der Waals surface area contributed by atoms with E-state index in [4.69, 9.17) is 5.11 Å². The number of aliphatic hydroxyl groups excluding tert-OH is 1. The molecule has 1 aliphatic rings. The van der Waals surface area contributed by atoms with Crippen LogP contribution in [0.2, 0.25) is 0 Å². The molecule has 2 unspecified atom stereocenters. The number of halogens is 2. The second-order valence-electron chi connectivity index (χ2n) is 5.59. The number of aliphatic hydroxyl groups is 1. The minimum Gasteiger partial charge on any atom is -0.391 e. The Balaban J connectivity index is 2.45. The Kier molecular flexibility index (Phi) is 4.65. The topological polar surface area (TPSA) is 57.6 Å². The third-order valence-corrected chi connectivity index (χ3v) is 6.00. The van der Waals surface area contributed by atoms with Gasteiger partial charge in [-0.25, -0.2) is 17.2 Å². The van der Waals surface area contributed by atoms with Gasteiger partial charge in [-0.1, -0.05) is 6.92 Å². The zero-order valence-electron chi connectivity index (χ0n) is 12.0. The maximum absolute atomic E-state index is 14.2. The third-order valence-electron chi connectivity index (χ3n) is 3.97. The molecule has 2 atom stereocenters. The first-order valence-corrected chi connectivity index (χ1v) is 8.32. The Labute approximate surface area is 123 Å². The smallest absolute Gasteiger partial charge is 0.246 e. The van der Waals surface area contributed by atoms with E-state index < -0.39 is 38.7 Å². The fourth-order valence-electron chi connectivity index (χ4n) is 2.79. The Bertz CT molecular complexity index is 633. The lowest BCUT2D eigenvalue weighted by Gasteiger charge is -2.35. The first-order chi connectivity index (χ1) is 9.78. The predicted octanol–water partition coefficient (Wildman–Crippen LogP) is 2.27. The number of sulfonamides is 1. The lowest BCUT2D eigenvalue weighted by atomic mass is 9.95. The van der Waals surface area contributed by atoms with Crippen LogP contribution in [0.25, 0.3) is 0 Å². The Hall–Kier alpha value is -1.05. The molecule has 0 spiro atoms. The predicted molar refractivity (Wildman–Crippen MR) is 74.0 cm³/mol. The molecule has 21 heavy (non-hydrogen) atoms. The fourth-order valence-corrected chi connectivity index (χ4v) is 4.54. The van der Waals surface area contributed by atoms with Crippen LogP contribution in [0.1, 0.15) is 32.3 Å². The van der Waals surface area contributed by atoms with Crippen LogP contribution in [0, 0.1) is 17.6 Å². The standard InChI is InChI=1S/C14H19F2NO3S/c1-9-5-6-17(10(2)7-9)21(19,20)13-4-3-12(15)11(8-18)14(13)16/h3-4,9-10,18H,5-8H2,1-2H3. The van der Waals surface area contributed by atoms with E-state index in [1.807, 2.05) is 6.92 Å². The first kappa shape index (κ1) is 16.3. The van der Waals surface area contributed by atoms with Gasteiger partial charge in [0.25, 0.3) is 0 Å². The molecule has 118 valence electrons. The molecule has 1 heterocycles. The summed E-state index contributed by atoms with van der Waals surface area (Å²) >= 11 is 0. The maximum atomic E-state index is 14.2. The van der Waals surface area contributed by atoms with Crippen LogP contribution in [-0.2, 0) is 16.6 Å². The van der Waals surface area contributed by atoms with Crippen LogP contribution >= 0.6 is 0 Å². The number of nitrogens with zero attached hydrogens (tertiary/aromatic N) is 1. The molecular weight excluding hydrogens is 300 g/mol. The third kappa shape index (κ3) is 2.95. The van der Waals surface area contributed by atoms with Gasteiger partial charge in [0.05, 0.1) is 12.2 Å². The average Bonchev–Trinajstić information content (AvgIpc) is 2.38. The molecule has 1 aliphatic heterocycles. The van der Waals surface area contributed by atoms with Gasteiger partial charge < -0.3 is 5.11 Å². The number of hydrogen-bond donors (Lipinski definition) is 1. The van der Waals surface area contributed by atoms with Crippen molar-refractivity contribution in [2.75, 3.05) is 6.54 Å². The highest BCUT2D eigenvalue weighted by atomic mass is 32.2. The van der Waals surface area contributed by atoms with Gasteiger partial charge >= 0.3 is 0 Å². The van der Waals surface area contributed by atoms with Gasteiger partial charge in [-0.2, -0.15) is 4.31 Å². The van der Waals surface area contributed by atoms with Crippen LogP contribution in [-0.4, -0.2) is 30.4 Å². The largest absolute Gasteiger partial charge is 0.391 e. The molecule has 7 heteroatoms. The lowest BCUT2D eigenvalue weighted by molar-refractivity contribution is 0.219. The average molecular weight is 319 g/mol. The summed E-state index contributed by atoms with van der Waals surface area (Å²) in [5.74, 6) is -1.74. The van der Waals surface area contributed by atoms with E-state index in [-0.39, 0.29) is 6.04 Å². The van der Waals surface area contributed by atoms with Crippen molar-refractivity contribution in [3.63, 3.8) is 0 Å². The number of rotatable bonds is 3. The first-order valence-electron chi connectivity index (χ1n) is 6.88. The molecule has 1 saturated heterocycles. The van der Waals surface area contributed by atoms with Crippen molar-refractivity contribution in [1.82, 2.24) is 4.31 Å². The molecule has 0 aliphatic carbocycles. The fraction of sp³-hybridized carbons (Fsp3) is 0.571. The summed E-state index contributed by atoms with van der Waals surface area (Å²) in [5.41, 5.74) is -0.617. The molecule has 2 rings (SSSR count). The molecule has 0 saturated carbocycles. The second kappa shape index (κ2) is 5.98. The number of piperidine rings is 1. The van der Waals surface area contributed by atoms with Gasteiger partial charge in [0.1, 0.15) is 10.7 Å². The van der Waals surface area contributed by atoms with E-state index in [1.54, 1.807) is 6.92 Å². The highest BCUT2D eigenvalue weighted by Crippen LogP contribution is 2.30. The zero-order valence-corrected chi connectivity index (χ0v) is 12.8. The molecule has 4 nitrogen and oxygen atoms in total. The molecule has 0 aromatic heterocycles. The highest BCUT2D eigenvalue weighted by Gasteiger charge is 2.35. The summed E-state index contributed by atoms with van der Waals surface area (Å²) in [7, 11) is -4.03. The summed E-state index contributed by atoms with van der Waals surface area (Å²) < 4.78 is 54.0. The van der Waals surface area contributed by atoms with Crippen molar-refractivity contribution < 1.29 is 22.3 Å². The Morgan fingerprint density at radius 2 is 2.00 bits per heavy atom. The van der Waals surface area contributed by atoms with Gasteiger partial charge in [-0.05, 0) is 37.8 Å². The van der Waals surface area contributed by atoms with Crippen LogP contribution in [0.4, 0.5) is 8.78 Å². The highest BCUT2D eigenvalue weighted by molar-refractivity contribution is 7.89. The zero-order chi connectivity index (χ0) is 15.8. The van der Waals surface area contributed by atoms with Crippen molar-refractivity contribution in [2.45, 2.75) is 44.2 Å². The van der Waals surface area contributed by atoms with Gasteiger partial charge in [-0.3, -0.25) is 0 Å². The monoisotopic (exact) mass is 319 g/mol. The van der Waals surface area contributed by atoms with Crippen LogP contribution < -0.4 is 0 Å². The van der Waals surface area contributed by atoms with Crippen molar-refractivity contribution in [3.05, 3.63) is 29.3 Å². The number of hydrogen-bond acceptors (Lipinski definition) is 3. The van der Waals surface area contributed by atoms with Crippen LogP contribution in [0.3, 0.4) is 0 Å². The van der Waals surface area contributed by atoms with Crippen molar-refractivity contribution in [3.8, 4) is 0 Å². The molecule has 1 aromatic rings. The summed E-state index contributed by atoms with van der Waals surface area (Å²) in [4.78, 5) is -0.575. The van der Waals surface area contributed by atoms with Crippen molar-refractivity contribution in [1.29, 1.82) is 0 Å². The summed E-state index contributed by atoms with van der Waals surface area (Å²) in [6, 6.07) is 1.56. The molecule has 1 aromatic carbocycles. The lowest BCUT2D eigenvalue weighted by Crippen LogP contribution is -2.44. The van der Waals surface area contributed by atoms with Gasteiger partial charge in [0, 0.05) is 12.6 Å². The van der Waals surface area contributed by atoms with Crippen molar-refractivity contribution >= 4 is 10.0 Å². The van der Waals surface area contributed by atoms with E-state index >= 15 is 0 Å². The SMILES string of the molecule is CC1CCN(S(=O)(=O)c2ccc(F)c(CO)c2F)C(C)C1. The summed E-state index contributed by atoms with van der Waals surface area (Å²) in [6.07, 6.45) is 1.41. The quantitative estimate of drug-likeness (QED) is 0.930. The van der Waals surface area contributed by atoms with E-state index in [2.05, 4.69) is 0 Å². The van der Waals surface area contributed by atoms with Gasteiger partial charge in [0.15, 0.2) is 5.82 Å². The van der Waals surface area contributed by atoms with E-state index in [0.29, 0.717) is 25.3 Å². The molecule has 1 N–H and O–H groups in total. The normalized spacial score (nSPS) is 24.2. The summed E-state index contributed by atoms with van der Waals surface area (Å²) in [5, 5.41) is 9.00. The van der Waals surface area contributed by atoms with Gasteiger partial charge in [0.2, 0.25) is 10.0 Å². The molecule has 1 fully saturated rings. The van der Waals surface area contributed by atoms with Crippen molar-refractivity contribution in [2.24, 2.45) is 5.92 Å². The van der Waals surface area contributed by atoms with Crippen LogP contribution in [0.5, 0.6) is 0 Å². The molecule has 0 bridgehead atoms. The number of benzene rings is 1. The minimum atomic E-state index is -4.03. The maximum Gasteiger partial charge on any atom is 0.246 e. The molecule has 0 radical (unpaired) electrons. The molecule has 0 amide bonds. The van der Waals surface area contributed by atoms with E-state index in [9.17, 15) is 17.2 Å². The Morgan fingerprint density at radius 3 is 2.57 bits per heavy atom. The van der Waals surface area contributed by atoms with E-state index in [1.165, 1.54) is 4.31 Å².